The van der Waals surface area contributed by atoms with Crippen LogP contribution >= 0.6 is 0 Å². The van der Waals surface area contributed by atoms with Crippen LogP contribution in [0, 0.1) is 0 Å². The zero-order valence-electron chi connectivity index (χ0n) is 10.0. The van der Waals surface area contributed by atoms with Crippen LogP contribution in [0.1, 0.15) is 26.2 Å². The van der Waals surface area contributed by atoms with Crippen LogP contribution in [0.4, 0.5) is 5.69 Å². The van der Waals surface area contributed by atoms with Gasteiger partial charge in [-0.15, -0.1) is 0 Å². The minimum absolute atomic E-state index is 0.181. The number of nitrogens with zero attached hydrogens (tertiary/aromatic N) is 2. The number of likely N-dealkylation sites (tertiary alicyclic amines) is 1. The Labute approximate surface area is 101 Å². The van der Waals surface area contributed by atoms with Gasteiger partial charge in [-0.3, -0.25) is 15.1 Å². The van der Waals surface area contributed by atoms with Gasteiger partial charge in [-0.1, -0.05) is 25.1 Å². The fourth-order valence-corrected chi connectivity index (χ4v) is 1.87. The number of carbonyl (C=O) groups excluding carboxylic acids is 1. The smallest absolute Gasteiger partial charge is 0.228 e. The molecule has 0 saturated carbocycles. The molecule has 4 nitrogen and oxygen atoms in total. The Morgan fingerprint density at radius 3 is 2.76 bits per heavy atom. The molecule has 0 atom stereocenters. The molecule has 1 aromatic carbocycles. The van der Waals surface area contributed by atoms with Gasteiger partial charge in [0.2, 0.25) is 5.91 Å². The van der Waals surface area contributed by atoms with E-state index in [0.29, 0.717) is 6.42 Å². The van der Waals surface area contributed by atoms with Gasteiger partial charge in [0.25, 0.3) is 0 Å². The molecule has 4 heteroatoms. The zero-order chi connectivity index (χ0) is 12.1. The molecule has 0 spiro atoms. The number of nitrogens with one attached hydrogen (secondary N) is 1. The first kappa shape index (κ1) is 11.6. The summed E-state index contributed by atoms with van der Waals surface area (Å²) < 4.78 is 0. The van der Waals surface area contributed by atoms with E-state index in [1.165, 1.54) is 0 Å². The van der Waals surface area contributed by atoms with Crippen LogP contribution < -0.4 is 5.43 Å². The maximum absolute atomic E-state index is 11.6. The molecule has 0 aromatic heterocycles. The van der Waals surface area contributed by atoms with E-state index in [0.717, 1.165) is 30.9 Å². The van der Waals surface area contributed by atoms with Crippen LogP contribution in [0.3, 0.4) is 0 Å². The Bertz CT molecular complexity index is 414. The van der Waals surface area contributed by atoms with Crippen molar-refractivity contribution in [2.24, 2.45) is 5.10 Å². The highest BCUT2D eigenvalue weighted by Gasteiger charge is 2.26. The molecule has 90 valence electrons. The molecule has 1 heterocycles. The summed E-state index contributed by atoms with van der Waals surface area (Å²) in [7, 11) is 0. The van der Waals surface area contributed by atoms with Crippen LogP contribution in [0.2, 0.25) is 0 Å². The van der Waals surface area contributed by atoms with Crippen LogP contribution in [0.25, 0.3) is 0 Å². The number of hydrogen-bond donors (Lipinski definition) is 1. The van der Waals surface area contributed by atoms with Crippen molar-refractivity contribution in [3.05, 3.63) is 30.3 Å². The minimum atomic E-state index is 0.181. The lowest BCUT2D eigenvalue weighted by Gasteiger charge is -2.15. The third-order valence-electron chi connectivity index (χ3n) is 2.71. The first-order chi connectivity index (χ1) is 8.31. The Balaban J connectivity index is 2.04. The number of amides is 1. The monoisotopic (exact) mass is 231 g/mol. The maximum atomic E-state index is 11.6. The maximum Gasteiger partial charge on any atom is 0.228 e. The van der Waals surface area contributed by atoms with Gasteiger partial charge in [0.15, 0.2) is 0 Å². The number of benzene rings is 1. The van der Waals surface area contributed by atoms with Crippen LogP contribution in [0.5, 0.6) is 0 Å². The molecule has 0 bridgehead atoms. The molecular weight excluding hydrogens is 214 g/mol. The van der Waals surface area contributed by atoms with Crippen LogP contribution in [0.15, 0.2) is 35.4 Å². The second-order valence-corrected chi connectivity index (χ2v) is 4.05. The normalized spacial score (nSPS) is 17.8. The molecule has 0 radical (unpaired) electrons. The van der Waals surface area contributed by atoms with Gasteiger partial charge in [-0.2, -0.15) is 5.10 Å². The lowest BCUT2D eigenvalue weighted by Crippen LogP contribution is -2.30. The lowest BCUT2D eigenvalue weighted by atomic mass is 10.3. The highest BCUT2D eigenvalue weighted by molar-refractivity contribution is 6.04. The topological polar surface area (TPSA) is 44.7 Å². The second kappa shape index (κ2) is 5.48. The molecule has 0 aliphatic carbocycles. The fraction of sp³-hybridized carbons (Fsp3) is 0.385. The summed E-state index contributed by atoms with van der Waals surface area (Å²) in [4.78, 5) is 13.4. The standard InChI is InChI=1S/C13H17N3O/c1-2-10-16-12(8-9-13(16)17)15-14-11-6-4-3-5-7-11/h3-7,14H,2,8-10H2,1H3. The van der Waals surface area contributed by atoms with Gasteiger partial charge >= 0.3 is 0 Å². The number of anilines is 1. The number of carbonyl (C=O) groups is 1. The highest BCUT2D eigenvalue weighted by Crippen LogP contribution is 2.14. The van der Waals surface area contributed by atoms with E-state index in [9.17, 15) is 4.79 Å². The van der Waals surface area contributed by atoms with E-state index < -0.39 is 0 Å². The molecule has 1 fully saturated rings. The molecule has 1 aliphatic heterocycles. The summed E-state index contributed by atoms with van der Waals surface area (Å²) in [5.41, 5.74) is 3.93. The fourth-order valence-electron chi connectivity index (χ4n) is 1.87. The predicted octanol–water partition coefficient (Wildman–Crippen LogP) is 2.44. The van der Waals surface area contributed by atoms with Crippen molar-refractivity contribution in [3.8, 4) is 0 Å². The first-order valence-electron chi connectivity index (χ1n) is 5.99. The van der Waals surface area contributed by atoms with Crippen LogP contribution in [-0.2, 0) is 4.79 Å². The molecule has 1 aromatic rings. The SMILES string of the molecule is CCCN1C(=O)CCC1=NNc1ccccc1. The third kappa shape index (κ3) is 2.84. The van der Waals surface area contributed by atoms with Gasteiger partial charge in [0.1, 0.15) is 5.84 Å². The second-order valence-electron chi connectivity index (χ2n) is 4.05. The third-order valence-corrected chi connectivity index (χ3v) is 2.71. The largest absolute Gasteiger partial charge is 0.299 e. The highest BCUT2D eigenvalue weighted by atomic mass is 16.2. The molecular formula is C13H17N3O. The minimum Gasteiger partial charge on any atom is -0.299 e. The van der Waals surface area contributed by atoms with Crippen LogP contribution in [-0.4, -0.2) is 23.2 Å². The number of hydrazone groups is 1. The van der Waals surface area contributed by atoms with Gasteiger partial charge in [-0.25, -0.2) is 0 Å². The van der Waals surface area contributed by atoms with E-state index >= 15 is 0 Å². The predicted molar refractivity (Wildman–Crippen MR) is 68.7 cm³/mol. The number of amidine groups is 1. The Morgan fingerprint density at radius 2 is 2.06 bits per heavy atom. The zero-order valence-corrected chi connectivity index (χ0v) is 10.0. The summed E-state index contributed by atoms with van der Waals surface area (Å²) in [6, 6.07) is 9.76. The number of para-hydroxylation sites is 1. The van der Waals surface area contributed by atoms with Crippen molar-refractivity contribution in [1.82, 2.24) is 4.90 Å². The number of hydrogen-bond acceptors (Lipinski definition) is 3. The van der Waals surface area contributed by atoms with Crippen molar-refractivity contribution in [3.63, 3.8) is 0 Å². The summed E-state index contributed by atoms with van der Waals surface area (Å²) in [6.07, 6.45) is 2.27. The first-order valence-corrected chi connectivity index (χ1v) is 5.99. The van der Waals surface area contributed by atoms with Crippen molar-refractivity contribution >= 4 is 17.4 Å². The van der Waals surface area contributed by atoms with Crippen molar-refractivity contribution in [2.75, 3.05) is 12.0 Å². The Hall–Kier alpha value is -1.84. The summed E-state index contributed by atoms with van der Waals surface area (Å²) in [6.45, 7) is 2.82. The summed E-state index contributed by atoms with van der Waals surface area (Å²) in [5.74, 6) is 1.03. The van der Waals surface area contributed by atoms with Gasteiger partial charge in [0, 0.05) is 19.4 Å². The summed E-state index contributed by atoms with van der Waals surface area (Å²) >= 11 is 0. The van der Waals surface area contributed by atoms with Gasteiger partial charge in [0.05, 0.1) is 5.69 Å². The Kier molecular flexibility index (Phi) is 3.75. The van der Waals surface area contributed by atoms with E-state index in [4.69, 9.17) is 0 Å². The molecule has 1 N–H and O–H groups in total. The summed E-state index contributed by atoms with van der Waals surface area (Å²) in [5, 5.41) is 4.32. The number of rotatable bonds is 4. The van der Waals surface area contributed by atoms with E-state index in [-0.39, 0.29) is 5.91 Å². The molecule has 0 unspecified atom stereocenters. The quantitative estimate of drug-likeness (QED) is 0.809. The molecule has 2 rings (SSSR count). The molecule has 17 heavy (non-hydrogen) atoms. The average molecular weight is 231 g/mol. The van der Waals surface area contributed by atoms with Gasteiger partial charge < -0.3 is 0 Å². The van der Waals surface area contributed by atoms with Crippen molar-refractivity contribution in [1.29, 1.82) is 0 Å². The van der Waals surface area contributed by atoms with Crippen molar-refractivity contribution < 1.29 is 4.79 Å². The van der Waals surface area contributed by atoms with E-state index in [1.54, 1.807) is 4.90 Å². The molecule has 1 amide bonds. The lowest BCUT2D eigenvalue weighted by molar-refractivity contribution is -0.125. The van der Waals surface area contributed by atoms with E-state index in [1.807, 2.05) is 30.3 Å². The molecule has 1 aliphatic rings. The molecule has 1 saturated heterocycles. The average Bonchev–Trinajstić information content (AvgIpc) is 2.70. The van der Waals surface area contributed by atoms with E-state index in [2.05, 4.69) is 17.5 Å². The Morgan fingerprint density at radius 1 is 1.29 bits per heavy atom. The van der Waals surface area contributed by atoms with Gasteiger partial charge in [-0.05, 0) is 18.6 Å². The van der Waals surface area contributed by atoms with Crippen molar-refractivity contribution in [2.45, 2.75) is 26.2 Å².